The van der Waals surface area contributed by atoms with Crippen molar-refractivity contribution < 1.29 is 23.8 Å². The summed E-state index contributed by atoms with van der Waals surface area (Å²) in [5, 5.41) is 0.907. The molecule has 1 saturated carbocycles. The van der Waals surface area contributed by atoms with E-state index in [0.717, 1.165) is 50.8 Å². The van der Waals surface area contributed by atoms with E-state index in [1.165, 1.54) is 23.8 Å². The van der Waals surface area contributed by atoms with Crippen LogP contribution in [0.3, 0.4) is 0 Å². The van der Waals surface area contributed by atoms with Crippen LogP contribution >= 0.6 is 23.2 Å². The molecule has 2 aliphatic heterocycles. The number of likely N-dealkylation sites (tertiary alicyclic amines) is 1. The van der Waals surface area contributed by atoms with E-state index in [1.807, 2.05) is 24.1 Å². The standard InChI is InChI=1S/C36H38Cl2N2O5/c1-39(31(41)19-23-8-11-26(37)27(38)18-23)28-12-10-25-29-20-24-9-13-30(44-32(42)21-43-2)34-33(24)36(25,35(28)45-34)15-17-40(29)16-14-22-6-4-3-5-7-22/h3-9,11,13,18,25,28-29,35H,10,12,14-17,19-21H2,1-2H3/t25-,28?,29+,35?,36-/m0/s1. The molecule has 1 spiro atoms. The maximum absolute atomic E-state index is 13.8. The average molecular weight is 650 g/mol. The summed E-state index contributed by atoms with van der Waals surface area (Å²) in [5.41, 5.74) is 4.36. The highest BCUT2D eigenvalue weighted by Crippen LogP contribution is 2.64. The van der Waals surface area contributed by atoms with E-state index in [-0.39, 0.29) is 36.5 Å². The molecule has 3 aromatic rings. The smallest absolute Gasteiger partial charge is 0.337 e. The number of likely N-dealkylation sites (N-methyl/N-ethyl adjacent to an activating group) is 1. The molecule has 2 unspecified atom stereocenters. The highest BCUT2D eigenvalue weighted by Gasteiger charge is 2.66. The second-order valence-electron chi connectivity index (χ2n) is 12.9. The normalized spacial score (nSPS) is 26.1. The average Bonchev–Trinajstić information content (AvgIpc) is 3.38. The van der Waals surface area contributed by atoms with E-state index in [1.54, 1.807) is 12.1 Å². The van der Waals surface area contributed by atoms with Crippen molar-refractivity contribution in [2.45, 2.75) is 62.1 Å². The predicted octanol–water partition coefficient (Wildman–Crippen LogP) is 5.90. The summed E-state index contributed by atoms with van der Waals surface area (Å²) in [7, 11) is 3.37. The van der Waals surface area contributed by atoms with E-state index in [0.29, 0.717) is 33.5 Å². The molecule has 9 heteroatoms. The van der Waals surface area contributed by atoms with Crippen LogP contribution in [-0.4, -0.2) is 73.7 Å². The summed E-state index contributed by atoms with van der Waals surface area (Å²) in [4.78, 5) is 30.9. The van der Waals surface area contributed by atoms with Crippen LogP contribution in [0.5, 0.6) is 11.5 Å². The molecule has 0 radical (unpaired) electrons. The van der Waals surface area contributed by atoms with Crippen LogP contribution in [0.1, 0.15) is 41.5 Å². The minimum atomic E-state index is -0.462. The fraction of sp³-hybridized carbons (Fsp3) is 0.444. The number of piperidine rings is 1. The summed E-state index contributed by atoms with van der Waals surface area (Å²) < 4.78 is 17.8. The second-order valence-corrected chi connectivity index (χ2v) is 13.7. The molecule has 2 fully saturated rings. The van der Waals surface area contributed by atoms with Crippen LogP contribution in [0.25, 0.3) is 0 Å². The Kier molecular flexibility index (Phi) is 8.32. The van der Waals surface area contributed by atoms with Crippen LogP contribution in [0, 0.1) is 5.92 Å². The van der Waals surface area contributed by atoms with E-state index in [2.05, 4.69) is 41.3 Å². The Morgan fingerprint density at radius 1 is 1.04 bits per heavy atom. The Hall–Kier alpha value is -3.10. The topological polar surface area (TPSA) is 68.3 Å². The molecule has 7 nitrogen and oxygen atoms in total. The number of benzene rings is 3. The number of halogens is 2. The Morgan fingerprint density at radius 3 is 2.64 bits per heavy atom. The Labute approximate surface area is 274 Å². The number of carbonyl (C=O) groups excluding carboxylic acids is 2. The van der Waals surface area contributed by atoms with Gasteiger partial charge in [-0.05, 0) is 79.5 Å². The van der Waals surface area contributed by atoms with Crippen LogP contribution < -0.4 is 9.47 Å². The van der Waals surface area contributed by atoms with Gasteiger partial charge in [-0.25, -0.2) is 4.79 Å². The highest BCUT2D eigenvalue weighted by molar-refractivity contribution is 6.42. The maximum Gasteiger partial charge on any atom is 0.337 e. The molecule has 2 aliphatic carbocycles. The largest absolute Gasteiger partial charge is 0.483 e. The molecular formula is C36H38Cl2N2O5. The summed E-state index contributed by atoms with van der Waals surface area (Å²) in [6, 6.07) is 20.3. The number of hydrogen-bond acceptors (Lipinski definition) is 6. The first-order chi connectivity index (χ1) is 21.8. The maximum atomic E-state index is 13.8. The lowest BCUT2D eigenvalue weighted by atomic mass is 9.51. The van der Waals surface area contributed by atoms with Gasteiger partial charge in [0.2, 0.25) is 5.91 Å². The van der Waals surface area contributed by atoms with Crippen molar-refractivity contribution >= 4 is 35.1 Å². The van der Waals surface area contributed by atoms with Crippen LogP contribution in [0.15, 0.2) is 60.7 Å². The van der Waals surface area contributed by atoms with Crippen molar-refractivity contribution in [1.29, 1.82) is 0 Å². The zero-order valence-corrected chi connectivity index (χ0v) is 27.2. The molecule has 4 aliphatic rings. The van der Waals surface area contributed by atoms with Gasteiger partial charge in [-0.15, -0.1) is 0 Å². The lowest BCUT2D eigenvalue weighted by Gasteiger charge is -2.60. The number of carbonyl (C=O) groups is 2. The summed E-state index contributed by atoms with van der Waals surface area (Å²) in [6.07, 6.45) is 4.69. The molecule has 2 bridgehead atoms. The molecule has 2 heterocycles. The third kappa shape index (κ3) is 5.32. The van der Waals surface area contributed by atoms with Crippen LogP contribution in [-0.2, 0) is 39.0 Å². The van der Waals surface area contributed by atoms with Gasteiger partial charge in [-0.1, -0.05) is 65.7 Å². The van der Waals surface area contributed by atoms with Crippen molar-refractivity contribution in [2.75, 3.05) is 33.9 Å². The molecule has 3 aromatic carbocycles. The van der Waals surface area contributed by atoms with E-state index < -0.39 is 5.97 Å². The quantitative estimate of drug-likeness (QED) is 0.213. The van der Waals surface area contributed by atoms with Gasteiger partial charge in [0.1, 0.15) is 12.7 Å². The van der Waals surface area contributed by atoms with Crippen molar-refractivity contribution in [3.8, 4) is 11.5 Å². The third-order valence-electron chi connectivity index (χ3n) is 10.6. The number of methoxy groups -OCH3 is 1. The minimum Gasteiger partial charge on any atom is -0.483 e. The SMILES string of the molecule is COCC(=O)Oc1ccc2c3c1OC1C(N(C)C(=O)Cc4ccc(Cl)c(Cl)c4)CC[C@H]4[C@@H](C2)N(CCc2ccccc2)CC[C@]314. The molecule has 45 heavy (non-hydrogen) atoms. The van der Waals surface area contributed by atoms with Gasteiger partial charge in [-0.3, -0.25) is 9.69 Å². The molecule has 1 amide bonds. The summed E-state index contributed by atoms with van der Waals surface area (Å²) in [6.45, 7) is 1.82. The molecule has 236 valence electrons. The highest BCUT2D eigenvalue weighted by atomic mass is 35.5. The zero-order chi connectivity index (χ0) is 31.3. The van der Waals surface area contributed by atoms with Crippen LogP contribution in [0.4, 0.5) is 0 Å². The van der Waals surface area contributed by atoms with Gasteiger partial charge < -0.3 is 19.1 Å². The predicted molar refractivity (Wildman–Crippen MR) is 173 cm³/mol. The number of esters is 1. The van der Waals surface area contributed by atoms with Gasteiger partial charge in [0.25, 0.3) is 0 Å². The lowest BCUT2D eigenvalue weighted by molar-refractivity contribution is -0.139. The van der Waals surface area contributed by atoms with Gasteiger partial charge >= 0.3 is 5.97 Å². The number of amides is 1. The lowest BCUT2D eigenvalue weighted by Crippen LogP contribution is -2.69. The first-order valence-electron chi connectivity index (χ1n) is 15.8. The Bertz CT molecular complexity index is 1620. The van der Waals surface area contributed by atoms with E-state index >= 15 is 0 Å². The number of nitrogens with zero attached hydrogens (tertiary/aromatic N) is 2. The van der Waals surface area contributed by atoms with Gasteiger partial charge in [-0.2, -0.15) is 0 Å². The third-order valence-corrected chi connectivity index (χ3v) is 11.4. The molecule has 5 atom stereocenters. The Balaban J connectivity index is 1.21. The van der Waals surface area contributed by atoms with Gasteiger partial charge in [0, 0.05) is 37.7 Å². The zero-order valence-electron chi connectivity index (χ0n) is 25.6. The first-order valence-corrected chi connectivity index (χ1v) is 16.6. The fourth-order valence-electron chi connectivity index (χ4n) is 8.66. The van der Waals surface area contributed by atoms with E-state index in [4.69, 9.17) is 37.4 Å². The molecule has 0 N–H and O–H groups in total. The molecule has 0 aromatic heterocycles. The Morgan fingerprint density at radius 2 is 1.87 bits per heavy atom. The molecule has 1 saturated heterocycles. The molecule has 7 rings (SSSR count). The van der Waals surface area contributed by atoms with Gasteiger partial charge in [0.05, 0.1) is 22.5 Å². The van der Waals surface area contributed by atoms with Crippen molar-refractivity contribution in [2.24, 2.45) is 5.92 Å². The minimum absolute atomic E-state index is 0.00687. The van der Waals surface area contributed by atoms with Crippen molar-refractivity contribution in [3.05, 3.63) is 93.0 Å². The van der Waals surface area contributed by atoms with Crippen LogP contribution in [0.2, 0.25) is 10.0 Å². The second kappa shape index (κ2) is 12.3. The summed E-state index contributed by atoms with van der Waals surface area (Å²) in [5.74, 6) is 1.02. The van der Waals surface area contributed by atoms with Gasteiger partial charge in [0.15, 0.2) is 11.5 Å². The van der Waals surface area contributed by atoms with Crippen molar-refractivity contribution in [1.82, 2.24) is 9.80 Å². The van der Waals surface area contributed by atoms with Crippen molar-refractivity contribution in [3.63, 3.8) is 0 Å². The number of ether oxygens (including phenoxy) is 3. The monoisotopic (exact) mass is 648 g/mol. The van der Waals surface area contributed by atoms with E-state index in [9.17, 15) is 9.59 Å². The first kappa shape index (κ1) is 30.5. The fourth-order valence-corrected chi connectivity index (χ4v) is 8.98. The molecular weight excluding hydrogens is 611 g/mol. The number of hydrogen-bond donors (Lipinski definition) is 0. The summed E-state index contributed by atoms with van der Waals surface area (Å²) >= 11 is 12.4. The number of rotatable bonds is 9.